The van der Waals surface area contributed by atoms with Gasteiger partial charge >= 0.3 is 6.36 Å². The van der Waals surface area contributed by atoms with Crippen LogP contribution in [0.2, 0.25) is 0 Å². The number of benzene rings is 3. The van der Waals surface area contributed by atoms with Crippen molar-refractivity contribution in [3.63, 3.8) is 0 Å². The summed E-state index contributed by atoms with van der Waals surface area (Å²) in [5.41, 5.74) is 2.89. The number of methoxy groups -OCH3 is 1. The van der Waals surface area contributed by atoms with E-state index in [1.807, 2.05) is 48.5 Å². The number of hydrogen-bond donors (Lipinski definition) is 1. The van der Waals surface area contributed by atoms with Crippen LogP contribution in [0.1, 0.15) is 22.7 Å². The van der Waals surface area contributed by atoms with E-state index >= 15 is 0 Å². The van der Waals surface area contributed by atoms with E-state index in [9.17, 15) is 13.2 Å². The summed E-state index contributed by atoms with van der Waals surface area (Å²) in [5.74, 6) is 0.992. The number of halogens is 3. The molecule has 3 aromatic rings. The highest BCUT2D eigenvalue weighted by molar-refractivity contribution is 5.46. The van der Waals surface area contributed by atoms with Crippen molar-refractivity contribution in [2.24, 2.45) is 0 Å². The van der Waals surface area contributed by atoms with Crippen LogP contribution in [-0.4, -0.2) is 44.6 Å². The fourth-order valence-corrected chi connectivity index (χ4v) is 4.12. The fourth-order valence-electron chi connectivity index (χ4n) is 4.12. The van der Waals surface area contributed by atoms with Crippen LogP contribution in [-0.2, 0) is 6.61 Å². The Hall–Kier alpha value is -3.23. The van der Waals surface area contributed by atoms with Crippen LogP contribution in [0.3, 0.4) is 0 Å². The Morgan fingerprint density at radius 2 is 1.56 bits per heavy atom. The first-order chi connectivity index (χ1) is 16.4. The van der Waals surface area contributed by atoms with Gasteiger partial charge in [0.05, 0.1) is 13.2 Å². The Morgan fingerprint density at radius 1 is 0.882 bits per heavy atom. The molecule has 1 aliphatic rings. The average molecular weight is 473 g/mol. The molecule has 3 aromatic carbocycles. The number of ether oxygens (including phenoxy) is 3. The van der Waals surface area contributed by atoms with E-state index in [-0.39, 0.29) is 11.8 Å². The largest absolute Gasteiger partial charge is 0.573 e. The van der Waals surface area contributed by atoms with E-state index in [2.05, 4.69) is 15.0 Å². The summed E-state index contributed by atoms with van der Waals surface area (Å²) in [6.45, 7) is 3.70. The first kappa shape index (κ1) is 23.9. The lowest BCUT2D eigenvalue weighted by atomic mass is 9.96. The molecule has 1 atom stereocenters. The molecule has 0 spiro atoms. The Labute approximate surface area is 197 Å². The lowest BCUT2D eigenvalue weighted by Gasteiger charge is -2.36. The zero-order valence-electron chi connectivity index (χ0n) is 18.8. The van der Waals surface area contributed by atoms with Crippen molar-refractivity contribution < 1.29 is 27.4 Å². The van der Waals surface area contributed by atoms with Gasteiger partial charge in [-0.25, -0.2) is 0 Å². The molecule has 180 valence electrons. The van der Waals surface area contributed by atoms with Crippen LogP contribution in [0.15, 0.2) is 72.8 Å². The number of nitrogens with zero attached hydrogens (tertiary/aromatic N) is 1. The van der Waals surface area contributed by atoms with E-state index in [0.29, 0.717) is 18.1 Å². The molecule has 0 saturated carbocycles. The molecule has 8 heteroatoms. The van der Waals surface area contributed by atoms with Crippen molar-refractivity contribution >= 4 is 0 Å². The number of piperazine rings is 1. The third-order valence-corrected chi connectivity index (χ3v) is 5.69. The zero-order valence-corrected chi connectivity index (χ0v) is 18.8. The van der Waals surface area contributed by atoms with Gasteiger partial charge in [-0.05, 0) is 41.0 Å². The van der Waals surface area contributed by atoms with Gasteiger partial charge in [-0.2, -0.15) is 0 Å². The first-order valence-corrected chi connectivity index (χ1v) is 11.1. The van der Waals surface area contributed by atoms with Gasteiger partial charge in [0.1, 0.15) is 12.4 Å². The smallest absolute Gasteiger partial charge is 0.493 e. The van der Waals surface area contributed by atoms with Crippen molar-refractivity contribution in [1.82, 2.24) is 10.2 Å². The van der Waals surface area contributed by atoms with E-state index in [1.165, 1.54) is 12.1 Å². The minimum Gasteiger partial charge on any atom is -0.493 e. The van der Waals surface area contributed by atoms with Crippen LogP contribution in [0.4, 0.5) is 13.2 Å². The molecule has 0 bridgehead atoms. The predicted octanol–water partition coefficient (Wildman–Crippen LogP) is 5.17. The maximum absolute atomic E-state index is 12.6. The number of rotatable bonds is 8. The molecular formula is C26H27F3N2O3. The summed E-state index contributed by atoms with van der Waals surface area (Å²) in [6, 6.07) is 21.6. The molecule has 34 heavy (non-hydrogen) atoms. The lowest BCUT2D eigenvalue weighted by Crippen LogP contribution is -2.45. The van der Waals surface area contributed by atoms with Gasteiger partial charge in [0, 0.05) is 26.2 Å². The highest BCUT2D eigenvalue weighted by Gasteiger charge is 2.31. The zero-order chi connectivity index (χ0) is 24.0. The molecule has 5 nitrogen and oxygen atoms in total. The van der Waals surface area contributed by atoms with Gasteiger partial charge in [0.2, 0.25) is 0 Å². The van der Waals surface area contributed by atoms with Crippen molar-refractivity contribution in [2.75, 3.05) is 33.3 Å². The van der Waals surface area contributed by atoms with Crippen LogP contribution < -0.4 is 19.5 Å². The minimum atomic E-state index is -4.72. The molecule has 1 heterocycles. The van der Waals surface area contributed by atoms with E-state index in [4.69, 9.17) is 9.47 Å². The second-order valence-electron chi connectivity index (χ2n) is 7.99. The molecule has 0 aromatic heterocycles. The van der Waals surface area contributed by atoms with Gasteiger partial charge in [0.25, 0.3) is 0 Å². The highest BCUT2D eigenvalue weighted by atomic mass is 19.4. The quantitative estimate of drug-likeness (QED) is 0.490. The summed E-state index contributed by atoms with van der Waals surface area (Å²) in [5, 5.41) is 3.34. The number of nitrogens with one attached hydrogen (secondary N) is 1. The van der Waals surface area contributed by atoms with E-state index in [1.54, 1.807) is 19.2 Å². The second kappa shape index (κ2) is 10.8. The van der Waals surface area contributed by atoms with Crippen molar-refractivity contribution in [1.29, 1.82) is 0 Å². The molecule has 1 N–H and O–H groups in total. The molecule has 1 aliphatic heterocycles. The standard InChI is InChI=1S/C26H27F3N2O3/c1-32-24-17-21(9-12-23(24)33-18-19-5-3-2-4-6-19)25(31-15-13-30-14-16-31)20-7-10-22(11-8-20)34-26(27,28)29/h2-12,17,25,30H,13-16,18H2,1H3/t25-/m1/s1. The predicted molar refractivity (Wildman–Crippen MR) is 123 cm³/mol. The maximum Gasteiger partial charge on any atom is 0.573 e. The van der Waals surface area contributed by atoms with Gasteiger partial charge in [0.15, 0.2) is 11.5 Å². The Kier molecular flexibility index (Phi) is 7.59. The van der Waals surface area contributed by atoms with Gasteiger partial charge in [-0.15, -0.1) is 13.2 Å². The normalized spacial score (nSPS) is 15.5. The van der Waals surface area contributed by atoms with Crippen molar-refractivity contribution in [2.45, 2.75) is 19.0 Å². The molecule has 0 radical (unpaired) electrons. The molecule has 0 unspecified atom stereocenters. The highest BCUT2D eigenvalue weighted by Crippen LogP contribution is 2.36. The van der Waals surface area contributed by atoms with Gasteiger partial charge < -0.3 is 19.5 Å². The number of alkyl halides is 3. The molecule has 1 fully saturated rings. The summed E-state index contributed by atoms with van der Waals surface area (Å²) >= 11 is 0. The van der Waals surface area contributed by atoms with E-state index in [0.717, 1.165) is 42.9 Å². The topological polar surface area (TPSA) is 43.0 Å². The summed E-state index contributed by atoms with van der Waals surface area (Å²) in [4.78, 5) is 2.30. The summed E-state index contributed by atoms with van der Waals surface area (Å²) in [6.07, 6.45) is -4.72. The molecule has 0 aliphatic carbocycles. The fraction of sp³-hybridized carbons (Fsp3) is 0.308. The maximum atomic E-state index is 12.6. The summed E-state index contributed by atoms with van der Waals surface area (Å²) in [7, 11) is 1.59. The molecule has 0 amide bonds. The van der Waals surface area contributed by atoms with Crippen molar-refractivity contribution in [3.8, 4) is 17.2 Å². The Balaban J connectivity index is 1.60. The summed E-state index contributed by atoms with van der Waals surface area (Å²) < 4.78 is 53.4. The molecular weight excluding hydrogens is 445 g/mol. The lowest BCUT2D eigenvalue weighted by molar-refractivity contribution is -0.274. The van der Waals surface area contributed by atoms with Crippen molar-refractivity contribution in [3.05, 3.63) is 89.5 Å². The Bertz CT molecular complexity index is 1050. The van der Waals surface area contributed by atoms with Crippen LogP contribution in [0.25, 0.3) is 0 Å². The van der Waals surface area contributed by atoms with Gasteiger partial charge in [-0.3, -0.25) is 4.90 Å². The number of hydrogen-bond acceptors (Lipinski definition) is 5. The average Bonchev–Trinajstić information content (AvgIpc) is 2.85. The molecule has 1 saturated heterocycles. The minimum absolute atomic E-state index is 0.154. The van der Waals surface area contributed by atoms with Crippen LogP contribution in [0, 0.1) is 0 Å². The molecule has 4 rings (SSSR count). The van der Waals surface area contributed by atoms with Gasteiger partial charge in [-0.1, -0.05) is 48.5 Å². The van der Waals surface area contributed by atoms with Crippen LogP contribution in [0.5, 0.6) is 17.2 Å². The van der Waals surface area contributed by atoms with Crippen LogP contribution >= 0.6 is 0 Å². The third-order valence-electron chi connectivity index (χ3n) is 5.69. The van der Waals surface area contributed by atoms with E-state index < -0.39 is 6.36 Å². The third kappa shape index (κ3) is 6.21. The first-order valence-electron chi connectivity index (χ1n) is 11.1. The second-order valence-corrected chi connectivity index (χ2v) is 7.99. The Morgan fingerprint density at radius 3 is 2.21 bits per heavy atom. The SMILES string of the molecule is COc1cc([C@@H](c2ccc(OC(F)(F)F)cc2)N2CCNCC2)ccc1OCc1ccccc1. The monoisotopic (exact) mass is 472 g/mol.